The number of rotatable bonds is 6. The van der Waals surface area contributed by atoms with Gasteiger partial charge in [-0.05, 0) is 37.1 Å². The number of aromatic nitrogens is 2. The highest BCUT2D eigenvalue weighted by Gasteiger charge is 2.26. The fourth-order valence-electron chi connectivity index (χ4n) is 2.88. The molecule has 1 aromatic heterocycles. The number of benzene rings is 1. The van der Waals surface area contributed by atoms with E-state index in [1.807, 2.05) is 49.1 Å². The summed E-state index contributed by atoms with van der Waals surface area (Å²) in [5.41, 5.74) is 3.09. The second-order valence-corrected chi connectivity index (χ2v) is 6.13. The quantitative estimate of drug-likeness (QED) is 0.854. The van der Waals surface area contributed by atoms with Crippen LogP contribution in [-0.4, -0.2) is 28.3 Å². The molecule has 0 bridgehead atoms. The Kier molecular flexibility index (Phi) is 4.85. The molecule has 1 aromatic carbocycles. The van der Waals surface area contributed by atoms with Gasteiger partial charge in [0.2, 0.25) is 0 Å². The third kappa shape index (κ3) is 3.43. The van der Waals surface area contributed by atoms with Crippen molar-refractivity contribution in [1.29, 1.82) is 0 Å². The molecule has 0 radical (unpaired) electrons. The van der Waals surface area contributed by atoms with Crippen molar-refractivity contribution >= 4 is 11.6 Å². The third-order valence-corrected chi connectivity index (χ3v) is 4.45. The average Bonchev–Trinajstić information content (AvgIpc) is 2.99. The first kappa shape index (κ1) is 16.5. The van der Waals surface area contributed by atoms with E-state index in [0.717, 1.165) is 30.0 Å². The average molecular weight is 328 g/mol. The molecule has 6 nitrogen and oxygen atoms in total. The van der Waals surface area contributed by atoms with Gasteiger partial charge in [0.25, 0.3) is 5.91 Å². The van der Waals surface area contributed by atoms with Crippen molar-refractivity contribution < 1.29 is 9.53 Å². The minimum absolute atomic E-state index is 0.0694. The maximum absolute atomic E-state index is 11.8. The van der Waals surface area contributed by atoms with Gasteiger partial charge in [-0.15, -0.1) is 0 Å². The van der Waals surface area contributed by atoms with Crippen LogP contribution in [0.25, 0.3) is 0 Å². The van der Waals surface area contributed by atoms with Gasteiger partial charge in [-0.1, -0.05) is 13.0 Å². The van der Waals surface area contributed by atoms with Gasteiger partial charge < -0.3 is 15.4 Å². The molecule has 0 unspecified atom stereocenters. The molecular weight excluding hydrogens is 304 g/mol. The molecule has 2 aromatic rings. The van der Waals surface area contributed by atoms with Gasteiger partial charge in [-0.25, -0.2) is 0 Å². The summed E-state index contributed by atoms with van der Waals surface area (Å²) in [6, 6.07) is 8.18. The molecule has 2 N–H and O–H groups in total. The normalized spacial score (nSPS) is 17.8. The SMILES string of the molecule is CC[C@H]1Oc2cc([C@H](C)NCCc3ccnn3C)ccc2NC1=O. The van der Waals surface area contributed by atoms with E-state index < -0.39 is 6.10 Å². The van der Waals surface area contributed by atoms with E-state index in [1.54, 1.807) is 0 Å². The van der Waals surface area contributed by atoms with Gasteiger partial charge in [-0.3, -0.25) is 9.48 Å². The first-order valence-corrected chi connectivity index (χ1v) is 8.40. The molecule has 1 aliphatic rings. The predicted molar refractivity (Wildman–Crippen MR) is 93.1 cm³/mol. The fraction of sp³-hybridized carbons (Fsp3) is 0.444. The third-order valence-electron chi connectivity index (χ3n) is 4.45. The topological polar surface area (TPSA) is 68.2 Å². The number of anilines is 1. The van der Waals surface area contributed by atoms with E-state index in [-0.39, 0.29) is 11.9 Å². The number of carbonyl (C=O) groups is 1. The smallest absolute Gasteiger partial charge is 0.265 e. The number of fused-ring (bicyclic) bond motifs is 1. The molecule has 0 saturated carbocycles. The first-order chi connectivity index (χ1) is 11.6. The van der Waals surface area contributed by atoms with E-state index in [9.17, 15) is 4.79 Å². The second kappa shape index (κ2) is 7.05. The Hall–Kier alpha value is -2.34. The van der Waals surface area contributed by atoms with Crippen molar-refractivity contribution in [2.75, 3.05) is 11.9 Å². The highest BCUT2D eigenvalue weighted by Crippen LogP contribution is 2.32. The van der Waals surface area contributed by atoms with Crippen LogP contribution < -0.4 is 15.4 Å². The first-order valence-electron chi connectivity index (χ1n) is 8.40. The lowest BCUT2D eigenvalue weighted by molar-refractivity contribution is -0.123. The second-order valence-electron chi connectivity index (χ2n) is 6.13. The van der Waals surface area contributed by atoms with Gasteiger partial charge in [0.1, 0.15) is 5.75 Å². The molecule has 2 atom stereocenters. The summed E-state index contributed by atoms with van der Waals surface area (Å²) in [7, 11) is 1.96. The highest BCUT2D eigenvalue weighted by molar-refractivity contribution is 5.97. The van der Waals surface area contributed by atoms with Gasteiger partial charge >= 0.3 is 0 Å². The van der Waals surface area contributed by atoms with Crippen LogP contribution in [0.4, 0.5) is 5.69 Å². The molecule has 1 aliphatic heterocycles. The van der Waals surface area contributed by atoms with Crippen LogP contribution in [0.5, 0.6) is 5.75 Å². The molecular formula is C18H24N4O2. The molecule has 0 spiro atoms. The molecule has 6 heteroatoms. The number of nitrogens with zero attached hydrogens (tertiary/aromatic N) is 2. The zero-order valence-electron chi connectivity index (χ0n) is 14.4. The standard InChI is InChI=1S/C18H24N4O2/c1-4-16-18(23)21-15-6-5-13(11-17(15)24-16)12(2)19-9-7-14-8-10-20-22(14)3/h5-6,8,10-12,16,19H,4,7,9H2,1-3H3,(H,21,23)/t12-,16+/m0/s1. The molecule has 1 amide bonds. The summed E-state index contributed by atoms with van der Waals surface area (Å²) < 4.78 is 7.71. The van der Waals surface area contributed by atoms with Gasteiger partial charge in [0.05, 0.1) is 5.69 Å². The van der Waals surface area contributed by atoms with Crippen LogP contribution in [0.1, 0.15) is 37.6 Å². The van der Waals surface area contributed by atoms with Crippen molar-refractivity contribution in [1.82, 2.24) is 15.1 Å². The number of hydrogen-bond acceptors (Lipinski definition) is 4. The Balaban J connectivity index is 1.62. The number of hydrogen-bond donors (Lipinski definition) is 2. The monoisotopic (exact) mass is 328 g/mol. The van der Waals surface area contributed by atoms with Crippen LogP contribution in [0.2, 0.25) is 0 Å². The van der Waals surface area contributed by atoms with Crippen molar-refractivity contribution in [3.8, 4) is 5.75 Å². The van der Waals surface area contributed by atoms with E-state index in [4.69, 9.17) is 4.74 Å². The molecule has 0 saturated heterocycles. The molecule has 128 valence electrons. The number of aryl methyl sites for hydroxylation is 1. The Bertz CT molecular complexity index is 726. The minimum Gasteiger partial charge on any atom is -0.478 e. The van der Waals surface area contributed by atoms with Crippen LogP contribution in [0, 0.1) is 0 Å². The summed E-state index contributed by atoms with van der Waals surface area (Å²) >= 11 is 0. The summed E-state index contributed by atoms with van der Waals surface area (Å²) in [6.45, 7) is 4.94. The lowest BCUT2D eigenvalue weighted by Crippen LogP contribution is -2.36. The zero-order valence-corrected chi connectivity index (χ0v) is 14.4. The van der Waals surface area contributed by atoms with Gasteiger partial charge in [-0.2, -0.15) is 5.10 Å². The zero-order chi connectivity index (χ0) is 17.1. The summed E-state index contributed by atoms with van der Waals surface area (Å²) in [5, 5.41) is 10.6. The van der Waals surface area contributed by atoms with Gasteiger partial charge in [0, 0.05) is 37.9 Å². The molecule has 0 fully saturated rings. The minimum atomic E-state index is -0.402. The van der Waals surface area contributed by atoms with Crippen molar-refractivity contribution in [2.24, 2.45) is 7.05 Å². The molecule has 3 rings (SSSR count). The van der Waals surface area contributed by atoms with Crippen molar-refractivity contribution in [3.63, 3.8) is 0 Å². The predicted octanol–water partition coefficient (Wildman–Crippen LogP) is 2.42. The van der Waals surface area contributed by atoms with Crippen LogP contribution in [0.3, 0.4) is 0 Å². The maximum Gasteiger partial charge on any atom is 0.265 e. The summed E-state index contributed by atoms with van der Waals surface area (Å²) in [4.78, 5) is 11.8. The Morgan fingerprint density at radius 3 is 2.96 bits per heavy atom. The number of carbonyl (C=O) groups excluding carboxylic acids is 1. The number of amides is 1. The number of ether oxygens (including phenoxy) is 1. The fourth-order valence-corrected chi connectivity index (χ4v) is 2.88. The lowest BCUT2D eigenvalue weighted by atomic mass is 10.1. The molecule has 2 heterocycles. The van der Waals surface area contributed by atoms with E-state index in [1.165, 1.54) is 5.69 Å². The Morgan fingerprint density at radius 2 is 2.25 bits per heavy atom. The number of nitrogens with one attached hydrogen (secondary N) is 2. The summed E-state index contributed by atoms with van der Waals surface area (Å²) in [5.74, 6) is 0.680. The Labute approximate surface area is 142 Å². The Morgan fingerprint density at radius 1 is 1.42 bits per heavy atom. The molecule has 0 aliphatic carbocycles. The molecule has 24 heavy (non-hydrogen) atoms. The highest BCUT2D eigenvalue weighted by atomic mass is 16.5. The largest absolute Gasteiger partial charge is 0.478 e. The maximum atomic E-state index is 11.8. The van der Waals surface area contributed by atoms with Crippen LogP contribution >= 0.6 is 0 Å². The van der Waals surface area contributed by atoms with Crippen LogP contribution in [-0.2, 0) is 18.3 Å². The summed E-state index contributed by atoms with van der Waals surface area (Å²) in [6.07, 6.45) is 3.00. The van der Waals surface area contributed by atoms with Crippen LogP contribution in [0.15, 0.2) is 30.5 Å². The van der Waals surface area contributed by atoms with Gasteiger partial charge in [0.15, 0.2) is 6.10 Å². The van der Waals surface area contributed by atoms with Crippen molar-refractivity contribution in [3.05, 3.63) is 41.7 Å². The van der Waals surface area contributed by atoms with Crippen molar-refractivity contribution in [2.45, 2.75) is 38.8 Å². The van der Waals surface area contributed by atoms with E-state index >= 15 is 0 Å². The van der Waals surface area contributed by atoms with E-state index in [2.05, 4.69) is 22.7 Å². The lowest BCUT2D eigenvalue weighted by Gasteiger charge is -2.26. The van der Waals surface area contributed by atoms with E-state index in [0.29, 0.717) is 6.42 Å².